The van der Waals surface area contributed by atoms with Crippen LogP contribution in [-0.4, -0.2) is 31.1 Å². The van der Waals surface area contributed by atoms with Gasteiger partial charge in [0.1, 0.15) is 6.29 Å². The molecule has 4 heteroatoms. The molecule has 1 aliphatic heterocycles. The largest absolute Gasteiger partial charge is 0.384 e. The fourth-order valence-electron chi connectivity index (χ4n) is 1.96. The molecule has 17 heavy (non-hydrogen) atoms. The maximum Gasteiger partial charge on any atom is 0.150 e. The molecule has 2 rings (SSSR count). The van der Waals surface area contributed by atoms with Gasteiger partial charge in [-0.25, -0.2) is 0 Å². The van der Waals surface area contributed by atoms with Gasteiger partial charge in [-0.05, 0) is 37.1 Å². The fourth-order valence-corrected chi connectivity index (χ4v) is 2.35. The molecule has 1 aliphatic rings. The van der Waals surface area contributed by atoms with E-state index >= 15 is 0 Å². The molecular weight excluding hydrogens is 231 g/mol. The molecule has 0 bridgehead atoms. The number of rotatable bonds is 4. The molecule has 0 radical (unpaired) electrons. The van der Waals surface area contributed by atoms with Crippen LogP contribution in [0.3, 0.4) is 0 Å². The number of aryl methyl sites for hydroxylation is 1. The van der Waals surface area contributed by atoms with Gasteiger partial charge in [0.15, 0.2) is 0 Å². The normalized spacial score (nSPS) is 17.4. The van der Waals surface area contributed by atoms with Crippen LogP contribution in [0.15, 0.2) is 12.1 Å². The Morgan fingerprint density at radius 3 is 2.71 bits per heavy atom. The molecular formula is C13H19N2OP. The number of nitrogens with one attached hydrogen (secondary N) is 2. The van der Waals surface area contributed by atoms with Gasteiger partial charge in [0.05, 0.1) is 0 Å². The SMILES string of the molecule is Cc1cc(NCC2(P)CNC2)cc(C=O)c1C. The number of aldehydes is 1. The molecule has 1 unspecified atom stereocenters. The van der Waals surface area contributed by atoms with Crippen molar-refractivity contribution in [3.05, 3.63) is 28.8 Å². The molecule has 0 aromatic heterocycles. The predicted octanol–water partition coefficient (Wildman–Crippen LogP) is 1.74. The fraction of sp³-hybridized carbons (Fsp3) is 0.462. The van der Waals surface area contributed by atoms with Gasteiger partial charge in [0.25, 0.3) is 0 Å². The highest BCUT2D eigenvalue weighted by atomic mass is 31.0. The second-order valence-corrected chi connectivity index (χ2v) is 6.17. The monoisotopic (exact) mass is 250 g/mol. The summed E-state index contributed by atoms with van der Waals surface area (Å²) in [6.07, 6.45) is 0.925. The van der Waals surface area contributed by atoms with Gasteiger partial charge in [-0.15, -0.1) is 9.24 Å². The Hall–Kier alpha value is -0.920. The van der Waals surface area contributed by atoms with Gasteiger partial charge in [0, 0.05) is 36.0 Å². The van der Waals surface area contributed by atoms with Crippen molar-refractivity contribution in [1.82, 2.24) is 5.32 Å². The Morgan fingerprint density at radius 2 is 2.18 bits per heavy atom. The van der Waals surface area contributed by atoms with Gasteiger partial charge >= 0.3 is 0 Å². The summed E-state index contributed by atoms with van der Waals surface area (Å²) < 4.78 is 0. The van der Waals surface area contributed by atoms with Crippen LogP contribution in [0.2, 0.25) is 0 Å². The van der Waals surface area contributed by atoms with Crippen molar-refractivity contribution >= 4 is 21.2 Å². The molecule has 0 saturated carbocycles. The van der Waals surface area contributed by atoms with E-state index in [1.165, 1.54) is 0 Å². The first-order chi connectivity index (χ1) is 8.04. The molecule has 1 aromatic carbocycles. The summed E-state index contributed by atoms with van der Waals surface area (Å²) >= 11 is 0. The number of hydrogen-bond acceptors (Lipinski definition) is 3. The molecule has 1 aromatic rings. The third-order valence-corrected chi connectivity index (χ3v) is 4.05. The minimum absolute atomic E-state index is 0.264. The second-order valence-electron chi connectivity index (χ2n) is 4.94. The average molecular weight is 250 g/mol. The highest BCUT2D eigenvalue weighted by molar-refractivity contribution is 7.19. The molecule has 1 heterocycles. The minimum Gasteiger partial charge on any atom is -0.384 e. The first-order valence-electron chi connectivity index (χ1n) is 5.84. The summed E-state index contributed by atoms with van der Waals surface area (Å²) in [6, 6.07) is 4.03. The van der Waals surface area contributed by atoms with Crippen LogP contribution in [0.4, 0.5) is 5.69 Å². The van der Waals surface area contributed by atoms with E-state index in [1.807, 2.05) is 19.9 Å². The van der Waals surface area contributed by atoms with Crippen molar-refractivity contribution in [1.29, 1.82) is 0 Å². The minimum atomic E-state index is 0.264. The summed E-state index contributed by atoms with van der Waals surface area (Å²) in [5.74, 6) is 0. The van der Waals surface area contributed by atoms with E-state index in [-0.39, 0.29) is 5.16 Å². The maximum absolute atomic E-state index is 11.0. The zero-order valence-electron chi connectivity index (χ0n) is 10.3. The van der Waals surface area contributed by atoms with Gasteiger partial charge < -0.3 is 10.6 Å². The van der Waals surface area contributed by atoms with E-state index in [1.54, 1.807) is 0 Å². The third-order valence-electron chi connectivity index (χ3n) is 3.43. The Labute approximate surface area is 105 Å². The first kappa shape index (κ1) is 12.5. The highest BCUT2D eigenvalue weighted by Crippen LogP contribution is 2.25. The second kappa shape index (κ2) is 4.75. The summed E-state index contributed by atoms with van der Waals surface area (Å²) in [4.78, 5) is 11.0. The summed E-state index contributed by atoms with van der Waals surface area (Å²) in [5.41, 5.74) is 4.03. The molecule has 1 saturated heterocycles. The number of benzene rings is 1. The number of carbonyl (C=O) groups excluding carboxylic acids is 1. The highest BCUT2D eigenvalue weighted by Gasteiger charge is 2.31. The molecule has 0 aliphatic carbocycles. The van der Waals surface area contributed by atoms with Crippen molar-refractivity contribution in [2.45, 2.75) is 19.0 Å². The smallest absolute Gasteiger partial charge is 0.150 e. The zero-order valence-corrected chi connectivity index (χ0v) is 11.5. The van der Waals surface area contributed by atoms with E-state index in [0.717, 1.165) is 48.3 Å². The molecule has 1 atom stereocenters. The van der Waals surface area contributed by atoms with Crippen LogP contribution in [0.5, 0.6) is 0 Å². The van der Waals surface area contributed by atoms with E-state index < -0.39 is 0 Å². The van der Waals surface area contributed by atoms with Gasteiger partial charge in [-0.3, -0.25) is 4.79 Å². The molecule has 0 spiro atoms. The van der Waals surface area contributed by atoms with Gasteiger partial charge in [-0.1, -0.05) is 0 Å². The van der Waals surface area contributed by atoms with Crippen molar-refractivity contribution in [3.8, 4) is 0 Å². The average Bonchev–Trinajstić information content (AvgIpc) is 2.28. The third kappa shape index (κ3) is 2.67. The summed E-state index contributed by atoms with van der Waals surface area (Å²) in [5, 5.41) is 6.94. The van der Waals surface area contributed by atoms with Crippen LogP contribution in [0.25, 0.3) is 0 Å². The summed E-state index contributed by atoms with van der Waals surface area (Å²) in [6.45, 7) is 6.97. The first-order valence-corrected chi connectivity index (χ1v) is 6.42. The molecule has 1 fully saturated rings. The van der Waals surface area contributed by atoms with Crippen LogP contribution < -0.4 is 10.6 Å². The molecule has 92 valence electrons. The molecule has 2 N–H and O–H groups in total. The Morgan fingerprint density at radius 1 is 1.47 bits per heavy atom. The van der Waals surface area contributed by atoms with Gasteiger partial charge in [-0.2, -0.15) is 0 Å². The van der Waals surface area contributed by atoms with Crippen molar-refractivity contribution in [2.24, 2.45) is 0 Å². The van der Waals surface area contributed by atoms with Crippen molar-refractivity contribution in [3.63, 3.8) is 0 Å². The quantitative estimate of drug-likeness (QED) is 0.632. The predicted molar refractivity (Wildman–Crippen MR) is 75.1 cm³/mol. The van der Waals surface area contributed by atoms with Gasteiger partial charge in [0.2, 0.25) is 0 Å². The van der Waals surface area contributed by atoms with Crippen LogP contribution in [0, 0.1) is 13.8 Å². The number of anilines is 1. The molecule has 0 amide bonds. The van der Waals surface area contributed by atoms with E-state index in [0.29, 0.717) is 0 Å². The lowest BCUT2D eigenvalue weighted by molar-refractivity contribution is 0.112. The molecule has 3 nitrogen and oxygen atoms in total. The zero-order chi connectivity index (χ0) is 12.5. The van der Waals surface area contributed by atoms with Crippen LogP contribution in [0.1, 0.15) is 21.5 Å². The lowest BCUT2D eigenvalue weighted by Gasteiger charge is -2.39. The van der Waals surface area contributed by atoms with E-state index in [9.17, 15) is 4.79 Å². The Kier molecular flexibility index (Phi) is 3.50. The Bertz CT molecular complexity index is 441. The lowest BCUT2D eigenvalue weighted by Crippen LogP contribution is -2.58. The maximum atomic E-state index is 11.0. The van der Waals surface area contributed by atoms with Crippen LogP contribution in [-0.2, 0) is 0 Å². The van der Waals surface area contributed by atoms with Crippen molar-refractivity contribution < 1.29 is 4.79 Å². The lowest BCUT2D eigenvalue weighted by atomic mass is 10.0. The summed E-state index contributed by atoms with van der Waals surface area (Å²) in [7, 11) is 2.90. The van der Waals surface area contributed by atoms with E-state index in [2.05, 4.69) is 25.9 Å². The van der Waals surface area contributed by atoms with E-state index in [4.69, 9.17) is 0 Å². The van der Waals surface area contributed by atoms with Crippen molar-refractivity contribution in [2.75, 3.05) is 25.0 Å². The van der Waals surface area contributed by atoms with Crippen LogP contribution >= 0.6 is 9.24 Å². The Balaban J connectivity index is 2.10. The topological polar surface area (TPSA) is 41.1 Å². The number of carbonyl (C=O) groups is 1. The number of hydrogen-bond donors (Lipinski definition) is 2. The standard InChI is InChI=1S/C13H19N2OP/c1-9-3-12(4-11(5-16)10(9)2)15-8-13(17)6-14-7-13/h3-5,14-15H,6-8,17H2,1-2H3.